The smallest absolute Gasteiger partial charge is 0.338 e. The zero-order chi connectivity index (χ0) is 19.4. The van der Waals surface area contributed by atoms with Gasteiger partial charge < -0.3 is 9.84 Å². The number of nitrogens with zero attached hydrogens (tertiary/aromatic N) is 3. The molecule has 27 heavy (non-hydrogen) atoms. The average Bonchev–Trinajstić information content (AvgIpc) is 3.09. The minimum atomic E-state index is -4.35. The second kappa shape index (κ2) is 8.39. The number of nitrogens with one attached hydrogen (secondary N) is 1. The largest absolute Gasteiger partial charge is 0.416 e. The average molecular weight is 382 g/mol. The van der Waals surface area contributed by atoms with Crippen molar-refractivity contribution in [2.24, 2.45) is 0 Å². The summed E-state index contributed by atoms with van der Waals surface area (Å²) in [4.78, 5) is 6.76. The summed E-state index contributed by atoms with van der Waals surface area (Å²) in [5.41, 5.74) is -0.202. The van der Waals surface area contributed by atoms with Crippen molar-refractivity contribution in [1.82, 2.24) is 20.4 Å². The summed E-state index contributed by atoms with van der Waals surface area (Å²) in [6.45, 7) is 6.74. The van der Waals surface area contributed by atoms with E-state index in [-0.39, 0.29) is 0 Å². The summed E-state index contributed by atoms with van der Waals surface area (Å²) in [5.74, 6) is 0.712. The monoisotopic (exact) mass is 382 g/mol. The number of benzene rings is 1. The maximum Gasteiger partial charge on any atom is 0.416 e. The second-order valence-electron chi connectivity index (χ2n) is 7.13. The van der Waals surface area contributed by atoms with Crippen molar-refractivity contribution in [1.29, 1.82) is 0 Å². The first-order valence-electron chi connectivity index (χ1n) is 9.31. The molecule has 2 aromatic rings. The SMILES string of the molecule is CC1CCCC(C)N1CCNCc1nc(-c2ccc(C(F)(F)F)cc2)no1. The third-order valence-corrected chi connectivity index (χ3v) is 5.14. The molecule has 148 valence electrons. The Kier molecular flexibility index (Phi) is 6.16. The molecule has 0 aliphatic carbocycles. The Morgan fingerprint density at radius 3 is 2.44 bits per heavy atom. The van der Waals surface area contributed by atoms with E-state index in [9.17, 15) is 13.2 Å². The molecule has 2 unspecified atom stereocenters. The molecule has 0 spiro atoms. The Morgan fingerprint density at radius 1 is 1.15 bits per heavy atom. The van der Waals surface area contributed by atoms with Crippen molar-refractivity contribution >= 4 is 0 Å². The molecule has 0 amide bonds. The second-order valence-corrected chi connectivity index (χ2v) is 7.13. The van der Waals surface area contributed by atoms with E-state index < -0.39 is 11.7 Å². The number of halogens is 3. The molecular formula is C19H25F3N4O. The van der Waals surface area contributed by atoms with Gasteiger partial charge in [-0.1, -0.05) is 23.7 Å². The zero-order valence-electron chi connectivity index (χ0n) is 15.6. The van der Waals surface area contributed by atoms with Gasteiger partial charge in [-0.05, 0) is 38.8 Å². The van der Waals surface area contributed by atoms with E-state index in [2.05, 4.69) is 34.2 Å². The molecule has 3 rings (SSSR count). The molecule has 5 nitrogen and oxygen atoms in total. The molecule has 2 atom stereocenters. The van der Waals surface area contributed by atoms with Gasteiger partial charge in [-0.25, -0.2) is 0 Å². The van der Waals surface area contributed by atoms with Crippen molar-refractivity contribution in [3.8, 4) is 11.4 Å². The highest BCUT2D eigenvalue weighted by molar-refractivity contribution is 5.54. The lowest BCUT2D eigenvalue weighted by molar-refractivity contribution is -0.137. The predicted octanol–water partition coefficient (Wildman–Crippen LogP) is 4.11. The molecular weight excluding hydrogens is 357 g/mol. The number of piperidine rings is 1. The third-order valence-electron chi connectivity index (χ3n) is 5.14. The summed E-state index contributed by atoms with van der Waals surface area (Å²) in [7, 11) is 0. The molecule has 1 aromatic heterocycles. The summed E-state index contributed by atoms with van der Waals surface area (Å²) in [6, 6.07) is 5.94. The Bertz CT molecular complexity index is 719. The lowest BCUT2D eigenvalue weighted by atomic mass is 9.98. The fourth-order valence-electron chi connectivity index (χ4n) is 3.57. The van der Waals surface area contributed by atoms with Crippen LogP contribution >= 0.6 is 0 Å². The van der Waals surface area contributed by atoms with Gasteiger partial charge in [0.25, 0.3) is 0 Å². The summed E-state index contributed by atoms with van der Waals surface area (Å²) >= 11 is 0. The van der Waals surface area contributed by atoms with Crippen LogP contribution in [0.4, 0.5) is 13.2 Å². The quantitative estimate of drug-likeness (QED) is 0.762. The van der Waals surface area contributed by atoms with Crippen molar-refractivity contribution in [2.75, 3.05) is 13.1 Å². The van der Waals surface area contributed by atoms with Crippen LogP contribution in [0.2, 0.25) is 0 Å². The van der Waals surface area contributed by atoms with Gasteiger partial charge in [0.15, 0.2) is 0 Å². The Hall–Kier alpha value is -1.93. The van der Waals surface area contributed by atoms with Crippen LogP contribution in [-0.4, -0.2) is 40.2 Å². The van der Waals surface area contributed by atoms with Crippen molar-refractivity contribution in [2.45, 2.75) is 57.9 Å². The fraction of sp³-hybridized carbons (Fsp3) is 0.579. The highest BCUT2D eigenvalue weighted by Gasteiger charge is 2.30. The van der Waals surface area contributed by atoms with Crippen LogP contribution in [0.3, 0.4) is 0 Å². The Balaban J connectivity index is 1.49. The molecule has 1 aromatic carbocycles. The molecule has 1 aliphatic heterocycles. The van der Waals surface area contributed by atoms with E-state index in [4.69, 9.17) is 4.52 Å². The van der Waals surface area contributed by atoms with Crippen molar-refractivity contribution in [3.05, 3.63) is 35.7 Å². The van der Waals surface area contributed by atoms with Crippen LogP contribution in [0, 0.1) is 0 Å². The van der Waals surface area contributed by atoms with E-state index in [1.165, 1.54) is 31.4 Å². The molecule has 8 heteroatoms. The molecule has 0 radical (unpaired) electrons. The maximum absolute atomic E-state index is 12.6. The Morgan fingerprint density at radius 2 is 1.81 bits per heavy atom. The van der Waals surface area contributed by atoms with Crippen molar-refractivity contribution < 1.29 is 17.7 Å². The Labute approximate surface area is 156 Å². The van der Waals surface area contributed by atoms with Crippen LogP contribution in [-0.2, 0) is 12.7 Å². The number of hydrogen-bond donors (Lipinski definition) is 1. The molecule has 1 N–H and O–H groups in total. The van der Waals surface area contributed by atoms with Crippen LogP contribution < -0.4 is 5.32 Å². The summed E-state index contributed by atoms with van der Waals surface area (Å²) in [5, 5.41) is 7.15. The first-order valence-corrected chi connectivity index (χ1v) is 9.31. The normalized spacial score (nSPS) is 21.5. The lowest BCUT2D eigenvalue weighted by Crippen LogP contribution is -2.46. The van der Waals surface area contributed by atoms with E-state index in [1.54, 1.807) is 0 Å². The fourth-order valence-corrected chi connectivity index (χ4v) is 3.57. The predicted molar refractivity (Wildman–Crippen MR) is 95.9 cm³/mol. The third kappa shape index (κ3) is 5.07. The molecule has 2 heterocycles. The molecule has 0 bridgehead atoms. The van der Waals surface area contributed by atoms with Gasteiger partial charge in [0.1, 0.15) is 0 Å². The minimum absolute atomic E-state index is 0.291. The highest BCUT2D eigenvalue weighted by Crippen LogP contribution is 2.30. The topological polar surface area (TPSA) is 54.2 Å². The molecule has 1 fully saturated rings. The molecule has 1 aliphatic rings. The van der Waals surface area contributed by atoms with E-state index in [1.807, 2.05) is 0 Å². The lowest BCUT2D eigenvalue weighted by Gasteiger charge is -2.39. The van der Waals surface area contributed by atoms with Crippen LogP contribution in [0.5, 0.6) is 0 Å². The maximum atomic E-state index is 12.6. The first-order chi connectivity index (χ1) is 12.8. The standard InChI is InChI=1S/C19H25F3N4O/c1-13-4-3-5-14(2)26(13)11-10-23-12-17-24-18(25-27-17)15-6-8-16(9-7-15)19(20,21)22/h6-9,13-14,23H,3-5,10-12H2,1-2H3. The van der Waals surface area contributed by atoms with Crippen molar-refractivity contribution in [3.63, 3.8) is 0 Å². The van der Waals surface area contributed by atoms with Gasteiger partial charge in [0, 0.05) is 30.7 Å². The van der Waals surface area contributed by atoms with Gasteiger partial charge >= 0.3 is 6.18 Å². The molecule has 1 saturated heterocycles. The minimum Gasteiger partial charge on any atom is -0.338 e. The van der Waals surface area contributed by atoms with E-state index in [0.29, 0.717) is 35.9 Å². The van der Waals surface area contributed by atoms with Crippen LogP contribution in [0.1, 0.15) is 44.6 Å². The van der Waals surface area contributed by atoms with Gasteiger partial charge in [-0.3, -0.25) is 4.90 Å². The van der Waals surface area contributed by atoms with Gasteiger partial charge in [0.2, 0.25) is 11.7 Å². The summed E-state index contributed by atoms with van der Waals surface area (Å²) in [6.07, 6.45) is -0.579. The zero-order valence-corrected chi connectivity index (χ0v) is 15.6. The number of aromatic nitrogens is 2. The van der Waals surface area contributed by atoms with Crippen LogP contribution in [0.15, 0.2) is 28.8 Å². The number of rotatable bonds is 6. The van der Waals surface area contributed by atoms with E-state index in [0.717, 1.165) is 25.2 Å². The first kappa shape index (κ1) is 19.8. The number of likely N-dealkylation sites (tertiary alicyclic amines) is 1. The number of hydrogen-bond acceptors (Lipinski definition) is 5. The summed E-state index contributed by atoms with van der Waals surface area (Å²) < 4.78 is 43.1. The number of alkyl halides is 3. The molecule has 0 saturated carbocycles. The van der Waals surface area contributed by atoms with E-state index >= 15 is 0 Å². The van der Waals surface area contributed by atoms with Gasteiger partial charge in [0.05, 0.1) is 12.1 Å². The van der Waals surface area contributed by atoms with Gasteiger partial charge in [-0.15, -0.1) is 0 Å². The highest BCUT2D eigenvalue weighted by atomic mass is 19.4. The van der Waals surface area contributed by atoms with Gasteiger partial charge in [-0.2, -0.15) is 18.2 Å². The van der Waals surface area contributed by atoms with Crippen LogP contribution in [0.25, 0.3) is 11.4 Å².